The maximum Gasteiger partial charge on any atom is 0.303 e. The lowest BCUT2D eigenvalue weighted by Crippen LogP contribution is -2.43. The van der Waals surface area contributed by atoms with Crippen molar-refractivity contribution in [3.63, 3.8) is 0 Å². The summed E-state index contributed by atoms with van der Waals surface area (Å²) in [5.41, 5.74) is 0.431. The van der Waals surface area contributed by atoms with E-state index in [9.17, 15) is 22.0 Å². The Bertz CT molecular complexity index is 1450. The number of aromatic nitrogens is 2. The normalized spacial score (nSPS) is 15.4. The number of sulfonamides is 1. The van der Waals surface area contributed by atoms with Crippen LogP contribution in [0.5, 0.6) is 11.6 Å². The molecule has 2 heterocycles. The highest BCUT2D eigenvalue weighted by atomic mass is 32.2. The Kier molecular flexibility index (Phi) is 8.00. The number of nitrogens with zero attached hydrogens (tertiary/aromatic N) is 3. The van der Waals surface area contributed by atoms with E-state index in [1.54, 1.807) is 19.1 Å². The minimum atomic E-state index is -4.23. The molecule has 202 valence electrons. The number of hydrogen-bond acceptors (Lipinski definition) is 6. The Morgan fingerprint density at radius 1 is 1.21 bits per heavy atom. The van der Waals surface area contributed by atoms with Crippen LogP contribution in [-0.2, 0) is 21.4 Å². The van der Waals surface area contributed by atoms with Crippen LogP contribution in [0.25, 0.3) is 12.2 Å². The number of hydrogen-bond donors (Lipinski definition) is 1. The van der Waals surface area contributed by atoms with Gasteiger partial charge in [-0.3, -0.25) is 13.8 Å². The molecule has 2 aromatic carbocycles. The molecule has 3 aromatic rings. The lowest BCUT2D eigenvalue weighted by atomic mass is 10.1. The fourth-order valence-corrected chi connectivity index (χ4v) is 5.60. The third-order valence-corrected chi connectivity index (χ3v) is 7.67. The molecule has 1 unspecified atom stereocenters. The molecule has 0 bridgehead atoms. The van der Waals surface area contributed by atoms with Crippen LogP contribution in [0.4, 0.5) is 14.5 Å². The summed E-state index contributed by atoms with van der Waals surface area (Å²) in [7, 11) is -4.23. The van der Waals surface area contributed by atoms with Gasteiger partial charge in [0.25, 0.3) is 15.9 Å². The predicted molar refractivity (Wildman–Crippen MR) is 137 cm³/mol. The molecule has 0 aliphatic carbocycles. The molecule has 12 heteroatoms. The van der Waals surface area contributed by atoms with Gasteiger partial charge in [-0.2, -0.15) is 0 Å². The lowest BCUT2D eigenvalue weighted by molar-refractivity contribution is -0.137. The van der Waals surface area contributed by atoms with Crippen LogP contribution in [0.3, 0.4) is 0 Å². The summed E-state index contributed by atoms with van der Waals surface area (Å²) < 4.78 is 70.1. The first-order valence-electron chi connectivity index (χ1n) is 12.0. The number of aliphatic carboxylic acids is 1. The zero-order valence-electron chi connectivity index (χ0n) is 20.8. The summed E-state index contributed by atoms with van der Waals surface area (Å²) in [5.74, 6) is -2.31. The highest BCUT2D eigenvalue weighted by Gasteiger charge is 2.37. The second-order valence-electron chi connectivity index (χ2n) is 8.49. The Morgan fingerprint density at radius 3 is 2.61 bits per heavy atom. The van der Waals surface area contributed by atoms with E-state index >= 15 is 0 Å². The van der Waals surface area contributed by atoms with Crippen LogP contribution < -0.4 is 13.8 Å². The Hall–Kier alpha value is -3.93. The predicted octanol–water partition coefficient (Wildman–Crippen LogP) is 4.57. The van der Waals surface area contributed by atoms with Crippen molar-refractivity contribution in [2.45, 2.75) is 44.2 Å². The number of benzene rings is 2. The first kappa shape index (κ1) is 27.1. The summed E-state index contributed by atoms with van der Waals surface area (Å²) >= 11 is 0. The monoisotopic (exact) mass is 547 g/mol. The van der Waals surface area contributed by atoms with Crippen molar-refractivity contribution < 1.29 is 36.6 Å². The fraction of sp³-hybridized carbons (Fsp3) is 0.308. The van der Waals surface area contributed by atoms with Gasteiger partial charge in [-0.15, -0.1) is 5.10 Å². The Morgan fingerprint density at radius 2 is 1.95 bits per heavy atom. The van der Waals surface area contributed by atoms with E-state index in [-0.39, 0.29) is 53.8 Å². The van der Waals surface area contributed by atoms with Gasteiger partial charge in [0.05, 0.1) is 18.8 Å². The average molecular weight is 548 g/mol. The van der Waals surface area contributed by atoms with Gasteiger partial charge in [0, 0.05) is 24.7 Å². The minimum absolute atomic E-state index is 0.0458. The van der Waals surface area contributed by atoms with Gasteiger partial charge in [0.15, 0.2) is 4.90 Å². The second kappa shape index (κ2) is 11.2. The molecule has 0 saturated heterocycles. The summed E-state index contributed by atoms with van der Waals surface area (Å²) in [6.07, 6.45) is 3.26. The zero-order chi connectivity index (χ0) is 27.4. The molecule has 9 nitrogen and oxygen atoms in total. The standard InChI is InChI=1S/C26H27F2N3O6S/c1-3-30-16-24(26(29-30)36-4-2)38(34,35)31-15-18(10-13-25(32)33)37-23-12-9-17(14-22(23)31)8-11-19-20(27)6-5-7-21(19)28/h5-9,11-12,14,16,18H,3-4,10,13,15H2,1-2H3,(H,32,33). The van der Waals surface area contributed by atoms with Crippen molar-refractivity contribution >= 4 is 33.8 Å². The number of carbonyl (C=O) groups is 1. The fourth-order valence-electron chi connectivity index (χ4n) is 4.02. The average Bonchev–Trinajstić information content (AvgIpc) is 3.31. The van der Waals surface area contributed by atoms with E-state index in [4.69, 9.17) is 14.6 Å². The number of carboxylic acids is 1. The topological polar surface area (TPSA) is 111 Å². The highest BCUT2D eigenvalue weighted by Crippen LogP contribution is 2.40. The van der Waals surface area contributed by atoms with E-state index in [2.05, 4.69) is 5.10 Å². The highest BCUT2D eigenvalue weighted by molar-refractivity contribution is 7.93. The minimum Gasteiger partial charge on any atom is -0.486 e. The van der Waals surface area contributed by atoms with Crippen molar-refractivity contribution in [2.75, 3.05) is 17.5 Å². The molecule has 0 amide bonds. The zero-order valence-corrected chi connectivity index (χ0v) is 21.6. The van der Waals surface area contributed by atoms with Crippen LogP contribution in [0.2, 0.25) is 0 Å². The van der Waals surface area contributed by atoms with Crippen LogP contribution in [0.15, 0.2) is 47.5 Å². The molecule has 1 aromatic heterocycles. The number of aryl methyl sites for hydroxylation is 1. The molecular formula is C26H27F2N3O6S. The quantitative estimate of drug-likeness (QED) is 0.370. The Labute approximate surface area is 219 Å². The maximum absolute atomic E-state index is 14.1. The van der Waals surface area contributed by atoms with E-state index in [1.165, 1.54) is 35.2 Å². The number of ether oxygens (including phenoxy) is 2. The number of halogens is 2. The largest absolute Gasteiger partial charge is 0.486 e. The molecule has 1 N–H and O–H groups in total. The maximum atomic E-state index is 14.1. The molecule has 0 spiro atoms. The molecule has 38 heavy (non-hydrogen) atoms. The summed E-state index contributed by atoms with van der Waals surface area (Å²) in [6.45, 7) is 3.98. The van der Waals surface area contributed by atoms with Crippen molar-refractivity contribution in [3.8, 4) is 11.6 Å². The molecule has 4 rings (SSSR count). The van der Waals surface area contributed by atoms with Gasteiger partial charge in [-0.25, -0.2) is 17.2 Å². The molecule has 0 radical (unpaired) electrons. The van der Waals surface area contributed by atoms with E-state index < -0.39 is 33.7 Å². The molecule has 1 aliphatic rings. The number of fused-ring (bicyclic) bond motifs is 1. The second-order valence-corrected chi connectivity index (χ2v) is 10.3. The van der Waals surface area contributed by atoms with Crippen molar-refractivity contribution in [1.29, 1.82) is 0 Å². The Balaban J connectivity index is 1.77. The smallest absolute Gasteiger partial charge is 0.303 e. The lowest BCUT2D eigenvalue weighted by Gasteiger charge is -2.35. The summed E-state index contributed by atoms with van der Waals surface area (Å²) in [5, 5.41) is 13.3. The SMILES string of the molecule is CCOc1nn(CC)cc1S(=O)(=O)N1CC(CCC(=O)O)Oc2ccc(C=Cc3c(F)cccc3F)cc21. The van der Waals surface area contributed by atoms with Gasteiger partial charge in [-0.05, 0) is 56.2 Å². The first-order chi connectivity index (χ1) is 18.1. The first-order valence-corrected chi connectivity index (χ1v) is 13.5. The molecule has 1 aliphatic heterocycles. The van der Waals surface area contributed by atoms with E-state index in [0.29, 0.717) is 12.1 Å². The molecule has 1 atom stereocenters. The van der Waals surface area contributed by atoms with Crippen LogP contribution in [0, 0.1) is 11.6 Å². The number of anilines is 1. The summed E-state index contributed by atoms with van der Waals surface area (Å²) in [4.78, 5) is 11.0. The third-order valence-electron chi connectivity index (χ3n) is 5.91. The van der Waals surface area contributed by atoms with Crippen LogP contribution in [-0.4, -0.2) is 48.5 Å². The van der Waals surface area contributed by atoms with Crippen molar-refractivity contribution in [2.24, 2.45) is 0 Å². The number of rotatable bonds is 10. The van der Waals surface area contributed by atoms with Crippen molar-refractivity contribution in [3.05, 3.63) is 65.4 Å². The molecule has 0 saturated carbocycles. The molecular weight excluding hydrogens is 520 g/mol. The number of carboxylic acid groups (broad SMARTS) is 1. The van der Waals surface area contributed by atoms with E-state index in [1.807, 2.05) is 6.92 Å². The van der Waals surface area contributed by atoms with Gasteiger partial charge < -0.3 is 14.6 Å². The summed E-state index contributed by atoms with van der Waals surface area (Å²) in [6, 6.07) is 8.22. The van der Waals surface area contributed by atoms with Gasteiger partial charge in [0.1, 0.15) is 23.5 Å². The van der Waals surface area contributed by atoms with Gasteiger partial charge >= 0.3 is 5.97 Å². The third kappa shape index (κ3) is 5.64. The van der Waals surface area contributed by atoms with Gasteiger partial charge in [-0.1, -0.05) is 18.2 Å². The van der Waals surface area contributed by atoms with Crippen LogP contribution >= 0.6 is 0 Å². The van der Waals surface area contributed by atoms with E-state index in [0.717, 1.165) is 16.4 Å². The van der Waals surface area contributed by atoms with Crippen LogP contribution in [0.1, 0.15) is 37.8 Å². The van der Waals surface area contributed by atoms with Crippen molar-refractivity contribution in [1.82, 2.24) is 9.78 Å². The molecule has 0 fully saturated rings. The van der Waals surface area contributed by atoms with Gasteiger partial charge in [0.2, 0.25) is 0 Å².